The third kappa shape index (κ3) is 4.32. The van der Waals surface area contributed by atoms with Crippen molar-refractivity contribution in [2.45, 2.75) is 32.9 Å². The normalized spacial score (nSPS) is 11.5. The van der Waals surface area contributed by atoms with Crippen LogP contribution >= 0.6 is 15.9 Å². The van der Waals surface area contributed by atoms with Crippen molar-refractivity contribution in [2.75, 3.05) is 0 Å². The smallest absolute Gasteiger partial charge is 0.338 e. The van der Waals surface area contributed by atoms with Gasteiger partial charge in [0, 0.05) is 6.20 Å². The van der Waals surface area contributed by atoms with Crippen LogP contribution in [-0.2, 0) is 11.3 Å². The van der Waals surface area contributed by atoms with Gasteiger partial charge in [0.05, 0.1) is 40.5 Å². The van der Waals surface area contributed by atoms with Gasteiger partial charge in [0.2, 0.25) is 0 Å². The van der Waals surface area contributed by atoms with E-state index in [1.54, 1.807) is 35.4 Å². The van der Waals surface area contributed by atoms with E-state index in [9.17, 15) is 10.0 Å². The van der Waals surface area contributed by atoms with Gasteiger partial charge in [0.25, 0.3) is 0 Å². The third-order valence-electron chi connectivity index (χ3n) is 3.62. The molecule has 26 heavy (non-hydrogen) atoms. The summed E-state index contributed by atoms with van der Waals surface area (Å²) in [5.41, 5.74) is 2.49. The molecule has 0 unspecified atom stereocenters. The second-order valence-electron chi connectivity index (χ2n) is 6.96. The van der Waals surface area contributed by atoms with Gasteiger partial charge in [-0.05, 0) is 54.4 Å². The molecule has 2 aliphatic heterocycles. The number of fused-ring (bicyclic) bond motifs is 1. The fourth-order valence-electron chi connectivity index (χ4n) is 2.45. The van der Waals surface area contributed by atoms with Crippen LogP contribution in [0.1, 0.15) is 36.7 Å². The molecule has 0 bridgehead atoms. The molecule has 0 aliphatic carbocycles. The Kier molecular flexibility index (Phi) is 4.86. The average molecular weight is 421 g/mol. The van der Waals surface area contributed by atoms with Crippen LogP contribution in [-0.4, -0.2) is 36.3 Å². The molecule has 1 aromatic carbocycles. The molecular formula is C18H21BrN4O3. The number of rotatable bonds is 3. The number of nitrogens with one attached hydrogen (secondary N) is 2. The van der Waals surface area contributed by atoms with E-state index in [1.165, 1.54) is 0 Å². The highest BCUT2D eigenvalue weighted by molar-refractivity contribution is 9.10. The molecule has 0 saturated heterocycles. The average Bonchev–Trinajstić information content (AvgIpc) is 2.55. The highest BCUT2D eigenvalue weighted by Crippen LogP contribution is 2.19. The van der Waals surface area contributed by atoms with Gasteiger partial charge in [-0.1, -0.05) is 12.1 Å². The second kappa shape index (κ2) is 6.95. The van der Waals surface area contributed by atoms with E-state index < -0.39 is 5.60 Å². The maximum absolute atomic E-state index is 12.1. The molecule has 3 N–H and O–H groups in total. The molecule has 0 atom stereocenters. The van der Waals surface area contributed by atoms with E-state index in [0.29, 0.717) is 12.1 Å². The van der Waals surface area contributed by atoms with E-state index in [0.717, 1.165) is 26.4 Å². The number of benzene rings is 1. The Labute approximate surface area is 159 Å². The Morgan fingerprint density at radius 3 is 2.54 bits per heavy atom. The van der Waals surface area contributed by atoms with Crippen LogP contribution < -0.4 is 0 Å². The molecule has 3 rings (SSSR count). The van der Waals surface area contributed by atoms with Crippen molar-refractivity contribution in [3.05, 3.63) is 58.6 Å². The maximum Gasteiger partial charge on any atom is 0.338 e. The zero-order valence-electron chi connectivity index (χ0n) is 14.8. The predicted molar refractivity (Wildman–Crippen MR) is 101 cm³/mol. The summed E-state index contributed by atoms with van der Waals surface area (Å²) in [6.45, 7) is 5.94. The summed E-state index contributed by atoms with van der Waals surface area (Å²) < 4.78 is 7.80. The minimum atomic E-state index is -0.527. The summed E-state index contributed by atoms with van der Waals surface area (Å²) in [6.07, 6.45) is 5.12. The SMILES string of the molecule is CC(C)(C)OC(=O)c1ccc(Cn2cc3[nH]c(Br)c[nH]c-3cn2O)cc1. The fourth-order valence-corrected chi connectivity index (χ4v) is 2.77. The van der Waals surface area contributed by atoms with Crippen LogP contribution in [0.2, 0.25) is 0 Å². The van der Waals surface area contributed by atoms with Gasteiger partial charge in [-0.15, -0.1) is 4.85 Å². The minimum absolute atomic E-state index is 0.352. The van der Waals surface area contributed by atoms with Crippen LogP contribution in [0, 0.1) is 0 Å². The van der Waals surface area contributed by atoms with Crippen molar-refractivity contribution in [2.24, 2.45) is 0 Å². The summed E-state index contributed by atoms with van der Waals surface area (Å²) in [7, 11) is 0. The lowest BCUT2D eigenvalue weighted by Crippen LogP contribution is -2.23. The van der Waals surface area contributed by atoms with Crippen molar-refractivity contribution < 1.29 is 14.7 Å². The van der Waals surface area contributed by atoms with Crippen molar-refractivity contribution in [3.63, 3.8) is 0 Å². The molecule has 7 nitrogen and oxygen atoms in total. The molecule has 0 fully saturated rings. The van der Waals surface area contributed by atoms with Gasteiger partial charge in [0.15, 0.2) is 0 Å². The van der Waals surface area contributed by atoms with Crippen molar-refractivity contribution in [3.8, 4) is 11.4 Å². The van der Waals surface area contributed by atoms with E-state index in [1.807, 2.05) is 32.9 Å². The monoisotopic (exact) mass is 420 g/mol. The van der Waals surface area contributed by atoms with E-state index in [4.69, 9.17) is 4.74 Å². The first-order valence-corrected chi connectivity index (χ1v) is 8.91. The highest BCUT2D eigenvalue weighted by atomic mass is 79.9. The summed E-state index contributed by atoms with van der Waals surface area (Å²) in [5.74, 6) is -0.352. The number of H-pyrrole nitrogens is 2. The molecule has 8 heteroatoms. The van der Waals surface area contributed by atoms with Crippen LogP contribution in [0.25, 0.3) is 11.4 Å². The number of aromatic amines is 2. The number of nitrogens with zero attached hydrogens (tertiary/aromatic N) is 2. The molecular weight excluding hydrogens is 400 g/mol. The lowest BCUT2D eigenvalue weighted by Gasteiger charge is -2.19. The summed E-state index contributed by atoms with van der Waals surface area (Å²) >= 11 is 3.38. The van der Waals surface area contributed by atoms with Crippen molar-refractivity contribution >= 4 is 21.9 Å². The van der Waals surface area contributed by atoms with E-state index in [-0.39, 0.29) is 5.97 Å². The van der Waals surface area contributed by atoms with E-state index in [2.05, 4.69) is 25.9 Å². The molecule has 0 amide bonds. The number of carbonyl (C=O) groups is 1. The topological polar surface area (TPSA) is 88.0 Å². The van der Waals surface area contributed by atoms with Gasteiger partial charge in [-0.2, -0.15) is 0 Å². The van der Waals surface area contributed by atoms with Gasteiger partial charge in [0.1, 0.15) is 5.60 Å². The van der Waals surface area contributed by atoms with E-state index >= 15 is 0 Å². The molecule has 1 aromatic rings. The number of ether oxygens (including phenoxy) is 1. The van der Waals surface area contributed by atoms with Crippen LogP contribution in [0.5, 0.6) is 0 Å². The summed E-state index contributed by atoms with van der Waals surface area (Å²) in [4.78, 5) is 19.3. The quantitative estimate of drug-likeness (QED) is 0.438. The fraction of sp³-hybridized carbons (Fsp3) is 0.278. The number of halogens is 1. The van der Waals surface area contributed by atoms with Gasteiger partial charge in [-0.25, -0.2) is 4.79 Å². The molecule has 138 valence electrons. The Hall–Kier alpha value is -2.61. The number of esters is 1. The van der Waals surface area contributed by atoms with Crippen LogP contribution in [0.4, 0.5) is 0 Å². The first-order chi connectivity index (χ1) is 12.2. The summed E-state index contributed by atoms with van der Waals surface area (Å²) in [6, 6.07) is 7.13. The number of aromatic nitrogens is 4. The lowest BCUT2D eigenvalue weighted by molar-refractivity contribution is 0.00694. The Bertz CT molecular complexity index is 923. The number of carbonyl (C=O) groups excluding carboxylic acids is 1. The maximum atomic E-state index is 12.1. The second-order valence-corrected chi connectivity index (χ2v) is 7.82. The molecule has 0 aromatic heterocycles. The standard InChI is InChI=1S/C18H21BrN4O3/c1-18(2,3)26-17(24)13-6-4-12(5-7-13)9-22-10-15-14(11-23(22)25)20-8-16(19)21-15/h4-8,10-11,20-21,25H,9H2,1-3H3. The van der Waals surface area contributed by atoms with Crippen LogP contribution in [0.3, 0.4) is 0 Å². The highest BCUT2D eigenvalue weighted by Gasteiger charge is 2.17. The largest absolute Gasteiger partial charge is 0.456 e. The molecule has 2 heterocycles. The zero-order valence-corrected chi connectivity index (χ0v) is 16.4. The Morgan fingerprint density at radius 1 is 1.19 bits per heavy atom. The van der Waals surface area contributed by atoms with Gasteiger partial charge >= 0.3 is 5.97 Å². The zero-order chi connectivity index (χ0) is 18.9. The number of hydrogen-bond donors (Lipinski definition) is 3. The van der Waals surface area contributed by atoms with Crippen LogP contribution in [0.15, 0.2) is 47.5 Å². The van der Waals surface area contributed by atoms with Crippen molar-refractivity contribution in [1.29, 1.82) is 0 Å². The first-order valence-electron chi connectivity index (χ1n) is 8.11. The summed E-state index contributed by atoms with van der Waals surface area (Å²) in [5, 5.41) is 10.2. The molecule has 2 aliphatic rings. The predicted octanol–water partition coefficient (Wildman–Crippen LogP) is 4.18. The first kappa shape index (κ1) is 18.2. The Morgan fingerprint density at radius 2 is 1.88 bits per heavy atom. The molecule has 0 saturated carbocycles. The van der Waals surface area contributed by atoms with Gasteiger partial charge in [-0.3, -0.25) is 4.68 Å². The third-order valence-corrected chi connectivity index (χ3v) is 4.04. The number of hydrogen-bond acceptors (Lipinski definition) is 3. The Balaban J connectivity index is 1.81. The molecule has 0 spiro atoms. The van der Waals surface area contributed by atoms with Crippen molar-refractivity contribution in [1.82, 2.24) is 19.5 Å². The minimum Gasteiger partial charge on any atom is -0.456 e. The lowest BCUT2D eigenvalue weighted by atomic mass is 10.1. The molecule has 0 radical (unpaired) electrons. The van der Waals surface area contributed by atoms with Gasteiger partial charge < -0.3 is 19.9 Å².